The van der Waals surface area contributed by atoms with Crippen molar-refractivity contribution < 1.29 is 19.1 Å². The Labute approximate surface area is 222 Å². The van der Waals surface area contributed by atoms with E-state index in [1.54, 1.807) is 48.4 Å². The van der Waals surface area contributed by atoms with E-state index in [0.29, 0.717) is 36.6 Å². The van der Waals surface area contributed by atoms with Gasteiger partial charge in [-0.3, -0.25) is 14.4 Å². The molecule has 3 aromatic carbocycles. The Morgan fingerprint density at radius 1 is 0.921 bits per heavy atom. The molecule has 38 heavy (non-hydrogen) atoms. The molecule has 0 bridgehead atoms. The van der Waals surface area contributed by atoms with Gasteiger partial charge in [0.1, 0.15) is 5.75 Å². The lowest BCUT2D eigenvalue weighted by molar-refractivity contribution is -0.122. The lowest BCUT2D eigenvalue weighted by Gasteiger charge is -2.36. The van der Waals surface area contributed by atoms with E-state index in [4.69, 9.17) is 4.74 Å². The van der Waals surface area contributed by atoms with E-state index < -0.39 is 5.92 Å². The summed E-state index contributed by atoms with van der Waals surface area (Å²) < 4.78 is 5.18. The van der Waals surface area contributed by atoms with Crippen LogP contribution in [0.15, 0.2) is 72.8 Å². The molecule has 2 heterocycles. The largest absolute Gasteiger partial charge is 0.497 e. The van der Waals surface area contributed by atoms with Crippen LogP contribution in [-0.4, -0.2) is 62.5 Å². The van der Waals surface area contributed by atoms with Crippen molar-refractivity contribution in [2.75, 3.05) is 55.0 Å². The first kappa shape index (κ1) is 25.3. The number of nitrogens with zero attached hydrogens (tertiary/aromatic N) is 3. The monoisotopic (exact) mass is 512 g/mol. The van der Waals surface area contributed by atoms with E-state index in [1.165, 1.54) is 11.3 Å². The molecule has 196 valence electrons. The number of methoxy groups -OCH3 is 1. The predicted octanol–water partition coefficient (Wildman–Crippen LogP) is 3.96. The van der Waals surface area contributed by atoms with Crippen LogP contribution in [0.4, 0.5) is 17.1 Å². The number of hydrogen-bond acceptors (Lipinski definition) is 5. The van der Waals surface area contributed by atoms with Crippen LogP contribution in [-0.2, 0) is 9.59 Å². The number of rotatable bonds is 6. The number of benzene rings is 3. The molecule has 0 aliphatic carbocycles. The van der Waals surface area contributed by atoms with Crippen molar-refractivity contribution in [2.45, 2.75) is 13.3 Å². The number of ether oxygens (including phenoxy) is 1. The summed E-state index contributed by atoms with van der Waals surface area (Å²) in [6.45, 7) is 5.22. The Kier molecular flexibility index (Phi) is 7.31. The SMILES string of the molecule is COc1ccc(N2CC(C(=O)Nc3cccc(C(=O)N4CCN(c5ccccc5C)CC4)c3)CC2=O)cc1. The fraction of sp³-hybridized carbons (Fsp3) is 0.300. The minimum atomic E-state index is -0.474. The number of piperazine rings is 1. The highest BCUT2D eigenvalue weighted by Gasteiger charge is 2.35. The number of hydrogen-bond donors (Lipinski definition) is 1. The van der Waals surface area contributed by atoms with Crippen LogP contribution in [0.2, 0.25) is 0 Å². The zero-order valence-electron chi connectivity index (χ0n) is 21.7. The van der Waals surface area contributed by atoms with Crippen molar-refractivity contribution in [3.05, 3.63) is 83.9 Å². The average molecular weight is 513 g/mol. The molecule has 0 saturated carbocycles. The molecule has 2 aliphatic heterocycles. The van der Waals surface area contributed by atoms with E-state index in [9.17, 15) is 14.4 Å². The summed E-state index contributed by atoms with van der Waals surface area (Å²) in [5.41, 5.74) is 4.26. The van der Waals surface area contributed by atoms with Gasteiger partial charge in [-0.2, -0.15) is 0 Å². The fourth-order valence-electron chi connectivity index (χ4n) is 5.12. The van der Waals surface area contributed by atoms with Crippen LogP contribution >= 0.6 is 0 Å². The summed E-state index contributed by atoms with van der Waals surface area (Å²) >= 11 is 0. The number of amides is 3. The zero-order chi connectivity index (χ0) is 26.6. The van der Waals surface area contributed by atoms with Crippen molar-refractivity contribution in [3.8, 4) is 5.75 Å². The Morgan fingerprint density at radius 2 is 1.66 bits per heavy atom. The third kappa shape index (κ3) is 5.34. The van der Waals surface area contributed by atoms with Crippen LogP contribution in [0.25, 0.3) is 0 Å². The maximum absolute atomic E-state index is 13.2. The van der Waals surface area contributed by atoms with Gasteiger partial charge >= 0.3 is 0 Å². The third-order valence-electron chi connectivity index (χ3n) is 7.28. The van der Waals surface area contributed by atoms with E-state index >= 15 is 0 Å². The molecule has 1 N–H and O–H groups in total. The van der Waals surface area contributed by atoms with Crippen molar-refractivity contribution in [2.24, 2.45) is 5.92 Å². The minimum Gasteiger partial charge on any atom is -0.497 e. The van der Waals surface area contributed by atoms with E-state index in [1.807, 2.05) is 29.2 Å². The van der Waals surface area contributed by atoms with Crippen molar-refractivity contribution >= 4 is 34.8 Å². The summed E-state index contributed by atoms with van der Waals surface area (Å²) in [5.74, 6) is -0.141. The number of nitrogens with one attached hydrogen (secondary N) is 1. The first-order valence-corrected chi connectivity index (χ1v) is 12.9. The van der Waals surface area contributed by atoms with Gasteiger partial charge in [-0.1, -0.05) is 24.3 Å². The van der Waals surface area contributed by atoms with Crippen molar-refractivity contribution in [3.63, 3.8) is 0 Å². The van der Waals surface area contributed by atoms with Gasteiger partial charge in [-0.15, -0.1) is 0 Å². The van der Waals surface area contributed by atoms with E-state index in [2.05, 4.69) is 29.3 Å². The number of para-hydroxylation sites is 1. The van der Waals surface area contributed by atoms with Crippen LogP contribution in [0.5, 0.6) is 5.75 Å². The Morgan fingerprint density at radius 3 is 2.37 bits per heavy atom. The molecule has 2 aliphatic rings. The zero-order valence-corrected chi connectivity index (χ0v) is 21.7. The summed E-state index contributed by atoms with van der Waals surface area (Å²) in [5, 5.41) is 2.91. The smallest absolute Gasteiger partial charge is 0.254 e. The highest BCUT2D eigenvalue weighted by molar-refractivity contribution is 6.04. The number of carbonyl (C=O) groups excluding carboxylic acids is 3. The summed E-state index contributed by atoms with van der Waals surface area (Å²) in [6.07, 6.45) is 0.141. The maximum atomic E-state index is 13.2. The van der Waals surface area contributed by atoms with Crippen LogP contribution in [0, 0.1) is 12.8 Å². The summed E-state index contributed by atoms with van der Waals surface area (Å²) in [6, 6.07) is 22.5. The van der Waals surface area contributed by atoms with Crippen LogP contribution in [0.1, 0.15) is 22.3 Å². The Hall–Kier alpha value is -4.33. The molecular weight excluding hydrogens is 480 g/mol. The third-order valence-corrected chi connectivity index (χ3v) is 7.28. The van der Waals surface area contributed by atoms with Crippen LogP contribution in [0.3, 0.4) is 0 Å². The second kappa shape index (κ2) is 11.0. The number of anilines is 3. The molecule has 2 saturated heterocycles. The predicted molar refractivity (Wildman–Crippen MR) is 148 cm³/mol. The van der Waals surface area contributed by atoms with Gasteiger partial charge in [-0.05, 0) is 61.0 Å². The van der Waals surface area contributed by atoms with Crippen LogP contribution < -0.4 is 19.9 Å². The lowest BCUT2D eigenvalue weighted by Crippen LogP contribution is -2.49. The first-order valence-electron chi connectivity index (χ1n) is 12.9. The maximum Gasteiger partial charge on any atom is 0.254 e. The molecule has 0 aromatic heterocycles. The van der Waals surface area contributed by atoms with Gasteiger partial charge in [-0.25, -0.2) is 0 Å². The molecule has 8 nitrogen and oxygen atoms in total. The molecule has 0 spiro atoms. The molecule has 3 amide bonds. The minimum absolute atomic E-state index is 0.0488. The Balaban J connectivity index is 1.18. The molecule has 0 radical (unpaired) electrons. The first-order chi connectivity index (χ1) is 18.4. The normalized spacial score (nSPS) is 17.5. The van der Waals surface area contributed by atoms with Gasteiger partial charge in [0.2, 0.25) is 11.8 Å². The van der Waals surface area contributed by atoms with Gasteiger partial charge in [0.05, 0.1) is 13.0 Å². The summed E-state index contributed by atoms with van der Waals surface area (Å²) in [4.78, 5) is 44.6. The van der Waals surface area contributed by atoms with Gasteiger partial charge in [0.15, 0.2) is 0 Å². The second-order valence-corrected chi connectivity index (χ2v) is 9.74. The highest BCUT2D eigenvalue weighted by atomic mass is 16.5. The number of aryl methyl sites for hydroxylation is 1. The molecule has 1 atom stereocenters. The van der Waals surface area contributed by atoms with Gasteiger partial charge in [0.25, 0.3) is 5.91 Å². The average Bonchev–Trinajstić information content (AvgIpc) is 3.35. The van der Waals surface area contributed by atoms with Gasteiger partial charge in [0, 0.05) is 61.8 Å². The lowest BCUT2D eigenvalue weighted by atomic mass is 10.1. The highest BCUT2D eigenvalue weighted by Crippen LogP contribution is 2.28. The van der Waals surface area contributed by atoms with E-state index in [0.717, 1.165) is 18.8 Å². The molecule has 5 rings (SSSR count). The number of carbonyl (C=O) groups is 3. The molecule has 3 aromatic rings. The van der Waals surface area contributed by atoms with Crippen molar-refractivity contribution in [1.82, 2.24) is 4.90 Å². The van der Waals surface area contributed by atoms with Crippen molar-refractivity contribution in [1.29, 1.82) is 0 Å². The quantitative estimate of drug-likeness (QED) is 0.541. The second-order valence-electron chi connectivity index (χ2n) is 9.74. The topological polar surface area (TPSA) is 82.2 Å². The summed E-state index contributed by atoms with van der Waals surface area (Å²) in [7, 11) is 1.59. The molecular formula is C30H32N4O4. The van der Waals surface area contributed by atoms with E-state index in [-0.39, 0.29) is 24.1 Å². The fourth-order valence-corrected chi connectivity index (χ4v) is 5.12. The standard InChI is InChI=1S/C30H32N4O4/c1-21-6-3-4-9-27(21)32-14-16-33(17-15-32)30(37)22-7-5-8-24(18-22)31-29(36)23-19-28(35)34(20-23)25-10-12-26(38-2)13-11-25/h3-13,18,23H,14-17,19-20H2,1-2H3,(H,31,36). The Bertz CT molecular complexity index is 1330. The molecule has 8 heteroatoms. The molecule has 1 unspecified atom stereocenters. The van der Waals surface area contributed by atoms with Gasteiger partial charge < -0.3 is 24.8 Å². The molecule has 2 fully saturated rings.